The molecule has 0 spiro atoms. The molecule has 0 saturated heterocycles. The maximum atomic E-state index is 12.0. The zero-order valence-corrected chi connectivity index (χ0v) is 7.24. The third-order valence-electron chi connectivity index (χ3n) is 1.58. The SMILES string of the molecule is NC/C(=C\F)COc1ccccc1. The molecule has 1 rings (SSSR count). The van der Waals surface area contributed by atoms with Crippen molar-refractivity contribution in [1.29, 1.82) is 0 Å². The zero-order chi connectivity index (χ0) is 9.52. The molecule has 0 aromatic heterocycles. The van der Waals surface area contributed by atoms with Crippen molar-refractivity contribution in [3.63, 3.8) is 0 Å². The van der Waals surface area contributed by atoms with E-state index in [9.17, 15) is 4.39 Å². The van der Waals surface area contributed by atoms with Crippen molar-refractivity contribution >= 4 is 0 Å². The van der Waals surface area contributed by atoms with Gasteiger partial charge in [0.2, 0.25) is 0 Å². The van der Waals surface area contributed by atoms with E-state index in [-0.39, 0.29) is 13.2 Å². The van der Waals surface area contributed by atoms with E-state index < -0.39 is 0 Å². The maximum Gasteiger partial charge on any atom is 0.119 e. The third-order valence-corrected chi connectivity index (χ3v) is 1.58. The topological polar surface area (TPSA) is 35.2 Å². The van der Waals surface area contributed by atoms with E-state index in [1.54, 1.807) is 0 Å². The summed E-state index contributed by atoms with van der Waals surface area (Å²) in [5.74, 6) is 0.718. The summed E-state index contributed by atoms with van der Waals surface area (Å²) in [6, 6.07) is 9.23. The highest BCUT2D eigenvalue weighted by atomic mass is 19.1. The smallest absolute Gasteiger partial charge is 0.119 e. The van der Waals surface area contributed by atoms with Crippen LogP contribution in [0.5, 0.6) is 5.75 Å². The van der Waals surface area contributed by atoms with Gasteiger partial charge in [-0.25, -0.2) is 4.39 Å². The van der Waals surface area contributed by atoms with Gasteiger partial charge in [0.05, 0.1) is 6.33 Å². The van der Waals surface area contributed by atoms with Crippen molar-refractivity contribution in [3.8, 4) is 5.75 Å². The van der Waals surface area contributed by atoms with Crippen molar-refractivity contribution < 1.29 is 9.13 Å². The molecular formula is C10H12FNO. The lowest BCUT2D eigenvalue weighted by molar-refractivity contribution is 0.347. The first-order valence-electron chi connectivity index (χ1n) is 4.03. The normalized spacial score (nSPS) is 11.4. The first kappa shape index (κ1) is 9.74. The minimum Gasteiger partial charge on any atom is -0.489 e. The average molecular weight is 181 g/mol. The number of benzene rings is 1. The second-order valence-corrected chi connectivity index (χ2v) is 2.57. The Bertz CT molecular complexity index is 272. The molecule has 0 saturated carbocycles. The Morgan fingerprint density at radius 3 is 2.62 bits per heavy atom. The van der Waals surface area contributed by atoms with Gasteiger partial charge >= 0.3 is 0 Å². The quantitative estimate of drug-likeness (QED) is 0.769. The highest BCUT2D eigenvalue weighted by Crippen LogP contribution is 2.09. The van der Waals surface area contributed by atoms with Gasteiger partial charge in [0, 0.05) is 12.1 Å². The van der Waals surface area contributed by atoms with Gasteiger partial charge in [-0.2, -0.15) is 0 Å². The van der Waals surface area contributed by atoms with Gasteiger partial charge < -0.3 is 10.5 Å². The van der Waals surface area contributed by atoms with E-state index in [0.717, 1.165) is 5.75 Å². The number of nitrogens with two attached hydrogens (primary N) is 1. The molecule has 0 unspecified atom stereocenters. The van der Waals surface area contributed by atoms with Crippen LogP contribution in [0.15, 0.2) is 42.2 Å². The molecule has 1 aromatic carbocycles. The fourth-order valence-electron chi connectivity index (χ4n) is 0.828. The molecule has 0 radical (unpaired) electrons. The van der Waals surface area contributed by atoms with E-state index in [4.69, 9.17) is 10.5 Å². The summed E-state index contributed by atoms with van der Waals surface area (Å²) in [7, 11) is 0. The van der Waals surface area contributed by atoms with Gasteiger partial charge in [0.1, 0.15) is 12.4 Å². The lowest BCUT2D eigenvalue weighted by Crippen LogP contribution is -2.10. The highest BCUT2D eigenvalue weighted by Gasteiger charge is 1.96. The predicted octanol–water partition coefficient (Wildman–Crippen LogP) is 1.88. The number of para-hydroxylation sites is 1. The van der Waals surface area contributed by atoms with Gasteiger partial charge in [-0.05, 0) is 12.1 Å². The Kier molecular flexibility index (Phi) is 3.99. The zero-order valence-electron chi connectivity index (χ0n) is 7.24. The molecule has 2 nitrogen and oxygen atoms in total. The van der Waals surface area contributed by atoms with Crippen LogP contribution in [0, 0.1) is 0 Å². The Labute approximate surface area is 76.8 Å². The Morgan fingerprint density at radius 1 is 1.38 bits per heavy atom. The lowest BCUT2D eigenvalue weighted by Gasteiger charge is -2.05. The first-order valence-corrected chi connectivity index (χ1v) is 4.03. The first-order chi connectivity index (χ1) is 6.36. The largest absolute Gasteiger partial charge is 0.489 e. The van der Waals surface area contributed by atoms with E-state index in [2.05, 4.69) is 0 Å². The number of ether oxygens (including phenoxy) is 1. The maximum absolute atomic E-state index is 12.0. The molecule has 0 aliphatic carbocycles. The monoisotopic (exact) mass is 181 g/mol. The molecule has 0 fully saturated rings. The number of hydrogen-bond donors (Lipinski definition) is 1. The Hall–Kier alpha value is -1.35. The standard InChI is InChI=1S/C10H12FNO/c11-6-9(7-12)8-13-10-4-2-1-3-5-10/h1-6H,7-8,12H2/b9-6+. The van der Waals surface area contributed by atoms with E-state index in [1.807, 2.05) is 30.3 Å². The molecule has 0 aliphatic rings. The Balaban J connectivity index is 2.43. The van der Waals surface area contributed by atoms with Crippen LogP contribution in [0.2, 0.25) is 0 Å². The van der Waals surface area contributed by atoms with Gasteiger partial charge in [-0.3, -0.25) is 0 Å². The fraction of sp³-hybridized carbons (Fsp3) is 0.200. The van der Waals surface area contributed by atoms with E-state index in [0.29, 0.717) is 11.9 Å². The van der Waals surface area contributed by atoms with Gasteiger partial charge in [-0.1, -0.05) is 18.2 Å². The van der Waals surface area contributed by atoms with Crippen molar-refractivity contribution in [2.45, 2.75) is 0 Å². The molecule has 0 atom stereocenters. The minimum absolute atomic E-state index is 0.184. The number of hydrogen-bond acceptors (Lipinski definition) is 2. The summed E-state index contributed by atoms with van der Waals surface area (Å²) < 4.78 is 17.3. The van der Waals surface area contributed by atoms with Crippen LogP contribution in [0.25, 0.3) is 0 Å². The molecule has 0 aliphatic heterocycles. The van der Waals surface area contributed by atoms with E-state index in [1.165, 1.54) is 0 Å². The summed E-state index contributed by atoms with van der Waals surface area (Å²) >= 11 is 0. The molecular weight excluding hydrogens is 169 g/mol. The van der Waals surface area contributed by atoms with Crippen LogP contribution in [-0.4, -0.2) is 13.2 Å². The molecule has 0 bridgehead atoms. The molecule has 2 N–H and O–H groups in total. The van der Waals surface area contributed by atoms with Gasteiger partial charge in [0.15, 0.2) is 0 Å². The van der Waals surface area contributed by atoms with Crippen LogP contribution in [0.1, 0.15) is 0 Å². The van der Waals surface area contributed by atoms with Crippen LogP contribution in [0.3, 0.4) is 0 Å². The van der Waals surface area contributed by atoms with Crippen LogP contribution >= 0.6 is 0 Å². The van der Waals surface area contributed by atoms with Crippen molar-refractivity contribution in [3.05, 3.63) is 42.2 Å². The second kappa shape index (κ2) is 5.32. The summed E-state index contributed by atoms with van der Waals surface area (Å²) in [5.41, 5.74) is 5.71. The predicted molar refractivity (Wildman–Crippen MR) is 50.2 cm³/mol. The average Bonchev–Trinajstić information content (AvgIpc) is 2.21. The molecule has 1 aromatic rings. The van der Waals surface area contributed by atoms with Gasteiger partial charge in [0.25, 0.3) is 0 Å². The third kappa shape index (κ3) is 3.25. The number of halogens is 1. The highest BCUT2D eigenvalue weighted by molar-refractivity contribution is 5.21. The van der Waals surface area contributed by atoms with Crippen molar-refractivity contribution in [2.24, 2.45) is 5.73 Å². The number of rotatable bonds is 4. The van der Waals surface area contributed by atoms with E-state index >= 15 is 0 Å². The summed E-state index contributed by atoms with van der Waals surface area (Å²) in [6.07, 6.45) is 0.489. The summed E-state index contributed by atoms with van der Waals surface area (Å²) in [5, 5.41) is 0. The molecule has 0 amide bonds. The van der Waals surface area contributed by atoms with Crippen LogP contribution in [0.4, 0.5) is 4.39 Å². The van der Waals surface area contributed by atoms with Gasteiger partial charge in [-0.15, -0.1) is 0 Å². The second-order valence-electron chi connectivity index (χ2n) is 2.57. The summed E-state index contributed by atoms with van der Waals surface area (Å²) in [6.45, 7) is 0.389. The molecule has 0 heterocycles. The van der Waals surface area contributed by atoms with Crippen LogP contribution in [-0.2, 0) is 0 Å². The fourth-order valence-corrected chi connectivity index (χ4v) is 0.828. The minimum atomic E-state index is 0.184. The molecule has 13 heavy (non-hydrogen) atoms. The molecule has 70 valence electrons. The molecule has 3 heteroatoms. The van der Waals surface area contributed by atoms with Crippen molar-refractivity contribution in [1.82, 2.24) is 0 Å². The lowest BCUT2D eigenvalue weighted by atomic mass is 10.3. The summed E-state index contributed by atoms with van der Waals surface area (Å²) in [4.78, 5) is 0. The van der Waals surface area contributed by atoms with Crippen molar-refractivity contribution in [2.75, 3.05) is 13.2 Å². The Morgan fingerprint density at radius 2 is 2.08 bits per heavy atom. The van der Waals surface area contributed by atoms with Crippen LogP contribution < -0.4 is 10.5 Å².